The first kappa shape index (κ1) is 24.3. The Morgan fingerprint density at radius 3 is 2.32 bits per heavy atom. The molecule has 1 heterocycles. The lowest BCUT2D eigenvalue weighted by Gasteiger charge is -2.12. The second kappa shape index (κ2) is 11.5. The van der Waals surface area contributed by atoms with Crippen LogP contribution in [0.2, 0.25) is 0 Å². The molecule has 34 heavy (non-hydrogen) atoms. The van der Waals surface area contributed by atoms with Gasteiger partial charge in [-0.1, -0.05) is 56.3 Å². The molecule has 0 unspecified atom stereocenters. The van der Waals surface area contributed by atoms with E-state index in [9.17, 15) is 4.79 Å². The number of amides is 1. The number of carbonyl (C=O) groups is 1. The Hall–Kier alpha value is -4.37. The molecular weight excluding hydrogens is 422 g/mol. The van der Waals surface area contributed by atoms with Gasteiger partial charge in [-0.15, -0.1) is 0 Å². The van der Waals surface area contributed by atoms with Gasteiger partial charge in [-0.05, 0) is 61.2 Å². The van der Waals surface area contributed by atoms with Gasteiger partial charge in [0.1, 0.15) is 0 Å². The van der Waals surface area contributed by atoms with Gasteiger partial charge in [0.15, 0.2) is 0 Å². The van der Waals surface area contributed by atoms with E-state index < -0.39 is 0 Å². The predicted molar refractivity (Wildman–Crippen MR) is 140 cm³/mol. The fraction of sp³-hybridized carbons (Fsp3) is 0.179. The molecular formula is C28H29N5O. The highest BCUT2D eigenvalue weighted by Crippen LogP contribution is 2.25. The van der Waals surface area contributed by atoms with Crippen LogP contribution in [0.15, 0.2) is 89.7 Å². The number of nitriles is 1. The number of hydrogen-bond acceptors (Lipinski definition) is 5. The molecule has 0 saturated heterocycles. The largest absolute Gasteiger partial charge is 0.399 e. The number of benzene rings is 3. The van der Waals surface area contributed by atoms with Crippen LogP contribution in [0.1, 0.15) is 37.5 Å². The number of nitrogen functional groups attached to an aromatic ring is 1. The molecule has 0 aromatic heterocycles. The van der Waals surface area contributed by atoms with Crippen LogP contribution in [0.3, 0.4) is 0 Å². The van der Waals surface area contributed by atoms with Crippen molar-refractivity contribution in [2.24, 2.45) is 5.10 Å². The van der Waals surface area contributed by atoms with Crippen molar-refractivity contribution in [2.45, 2.75) is 33.6 Å². The molecule has 3 N–H and O–H groups in total. The average Bonchev–Trinajstić information content (AvgIpc) is 3.16. The zero-order valence-corrected chi connectivity index (χ0v) is 19.7. The molecule has 0 saturated carbocycles. The minimum Gasteiger partial charge on any atom is -0.399 e. The maximum Gasteiger partial charge on any atom is 0.282 e. The van der Waals surface area contributed by atoms with E-state index in [4.69, 9.17) is 11.0 Å². The molecule has 0 aliphatic carbocycles. The molecule has 0 radical (unpaired) electrons. The standard InChI is InChI=1S/C20H18N4O.C8H11N/c1-3-16-8-4-5-10-19(16)22-13-18-14(2)23-24(20(18)25)17-9-6-7-15(11-17)12-21;1-2-7-5-3-4-6-8(7)9/h4-11,13,22H,3H2,1-2H3;3-6H,2,9H2,1H3/b18-13+;. The van der Waals surface area contributed by atoms with E-state index in [0.29, 0.717) is 22.5 Å². The summed E-state index contributed by atoms with van der Waals surface area (Å²) < 4.78 is 0. The predicted octanol–water partition coefficient (Wildman–Crippen LogP) is 5.67. The van der Waals surface area contributed by atoms with Crippen molar-refractivity contribution in [2.75, 3.05) is 16.1 Å². The average molecular weight is 452 g/mol. The normalized spacial score (nSPS) is 13.7. The summed E-state index contributed by atoms with van der Waals surface area (Å²) in [7, 11) is 0. The molecule has 6 nitrogen and oxygen atoms in total. The Morgan fingerprint density at radius 1 is 1.00 bits per heavy atom. The topological polar surface area (TPSA) is 94.5 Å². The zero-order valence-electron chi connectivity index (χ0n) is 19.7. The Labute approximate surface area is 201 Å². The highest BCUT2D eigenvalue weighted by molar-refractivity contribution is 6.29. The summed E-state index contributed by atoms with van der Waals surface area (Å²) in [5.74, 6) is -0.214. The number of hydrogen-bond donors (Lipinski definition) is 2. The van der Waals surface area contributed by atoms with Crippen LogP contribution in [0.5, 0.6) is 0 Å². The first-order valence-electron chi connectivity index (χ1n) is 11.3. The van der Waals surface area contributed by atoms with Gasteiger partial charge in [0, 0.05) is 17.6 Å². The number of nitrogens with two attached hydrogens (primary N) is 1. The van der Waals surface area contributed by atoms with E-state index >= 15 is 0 Å². The zero-order chi connectivity index (χ0) is 24.5. The second-order valence-electron chi connectivity index (χ2n) is 7.73. The fourth-order valence-corrected chi connectivity index (χ4v) is 3.54. The molecule has 1 aliphatic heterocycles. The first-order valence-corrected chi connectivity index (χ1v) is 11.3. The van der Waals surface area contributed by atoms with Gasteiger partial charge >= 0.3 is 0 Å². The lowest BCUT2D eigenvalue weighted by molar-refractivity contribution is -0.114. The maximum atomic E-state index is 12.7. The third-order valence-electron chi connectivity index (χ3n) is 5.49. The summed E-state index contributed by atoms with van der Waals surface area (Å²) in [4.78, 5) is 12.7. The Bertz CT molecular complexity index is 1270. The van der Waals surface area contributed by atoms with E-state index in [0.717, 1.165) is 24.2 Å². The monoisotopic (exact) mass is 451 g/mol. The van der Waals surface area contributed by atoms with Gasteiger partial charge in [0.2, 0.25) is 0 Å². The summed E-state index contributed by atoms with van der Waals surface area (Å²) in [5.41, 5.74) is 12.1. The Kier molecular flexibility index (Phi) is 8.20. The molecule has 0 fully saturated rings. The molecule has 0 bridgehead atoms. The minimum atomic E-state index is -0.214. The van der Waals surface area contributed by atoms with E-state index in [2.05, 4.69) is 42.5 Å². The number of nitrogens with zero attached hydrogens (tertiary/aromatic N) is 3. The quantitative estimate of drug-likeness (QED) is 0.386. The van der Waals surface area contributed by atoms with Crippen LogP contribution in [0, 0.1) is 11.3 Å². The van der Waals surface area contributed by atoms with Gasteiger partial charge in [-0.2, -0.15) is 15.4 Å². The summed E-state index contributed by atoms with van der Waals surface area (Å²) in [6.45, 7) is 5.99. The molecule has 1 aliphatic rings. The van der Waals surface area contributed by atoms with E-state index in [-0.39, 0.29) is 5.91 Å². The van der Waals surface area contributed by atoms with E-state index in [1.165, 1.54) is 16.1 Å². The van der Waals surface area contributed by atoms with Gasteiger partial charge in [0.05, 0.1) is 28.6 Å². The first-order chi connectivity index (χ1) is 16.5. The summed E-state index contributed by atoms with van der Waals surface area (Å²) in [6, 6.07) is 24.8. The number of carbonyl (C=O) groups excluding carboxylic acids is 1. The van der Waals surface area contributed by atoms with Crippen molar-refractivity contribution in [3.8, 4) is 6.07 Å². The van der Waals surface area contributed by atoms with Crippen molar-refractivity contribution in [3.63, 3.8) is 0 Å². The summed E-state index contributed by atoms with van der Waals surface area (Å²) in [6.07, 6.45) is 3.62. The van der Waals surface area contributed by atoms with E-state index in [1.54, 1.807) is 37.4 Å². The van der Waals surface area contributed by atoms with Crippen molar-refractivity contribution < 1.29 is 4.79 Å². The number of hydrazone groups is 1. The highest BCUT2D eigenvalue weighted by Gasteiger charge is 2.28. The van der Waals surface area contributed by atoms with Crippen molar-refractivity contribution in [1.82, 2.24) is 0 Å². The molecule has 0 atom stereocenters. The molecule has 3 aromatic rings. The number of anilines is 3. The minimum absolute atomic E-state index is 0.214. The Balaban J connectivity index is 0.000000302. The SMILES string of the molecule is CCc1ccccc1N.CCc1ccccc1N/C=C1/C(=O)N(c2cccc(C#N)c2)N=C1C. The van der Waals surface area contributed by atoms with Gasteiger partial charge in [-0.3, -0.25) is 4.79 Å². The molecule has 3 aromatic carbocycles. The van der Waals surface area contributed by atoms with Crippen LogP contribution in [-0.2, 0) is 17.6 Å². The molecule has 6 heteroatoms. The van der Waals surface area contributed by atoms with Gasteiger partial charge in [0.25, 0.3) is 5.91 Å². The number of rotatable bonds is 5. The molecule has 1 amide bonds. The molecule has 0 spiro atoms. The number of nitrogens with one attached hydrogen (secondary N) is 1. The summed E-state index contributed by atoms with van der Waals surface area (Å²) >= 11 is 0. The number of aryl methyl sites for hydroxylation is 2. The van der Waals surface area contributed by atoms with Crippen molar-refractivity contribution in [3.05, 3.63) is 101 Å². The molecule has 4 rings (SSSR count). The third kappa shape index (κ3) is 5.70. The van der Waals surface area contributed by atoms with Crippen LogP contribution < -0.4 is 16.1 Å². The fourth-order valence-electron chi connectivity index (χ4n) is 3.54. The Morgan fingerprint density at radius 2 is 1.68 bits per heavy atom. The highest BCUT2D eigenvalue weighted by atomic mass is 16.2. The third-order valence-corrected chi connectivity index (χ3v) is 5.49. The van der Waals surface area contributed by atoms with Crippen LogP contribution in [0.4, 0.5) is 17.1 Å². The molecule has 172 valence electrons. The van der Waals surface area contributed by atoms with E-state index in [1.807, 2.05) is 36.4 Å². The van der Waals surface area contributed by atoms with Crippen LogP contribution >= 0.6 is 0 Å². The van der Waals surface area contributed by atoms with Crippen molar-refractivity contribution in [1.29, 1.82) is 5.26 Å². The maximum absolute atomic E-state index is 12.7. The summed E-state index contributed by atoms with van der Waals surface area (Å²) in [5, 5.41) is 17.9. The second-order valence-corrected chi connectivity index (χ2v) is 7.73. The van der Waals surface area contributed by atoms with Crippen LogP contribution in [-0.4, -0.2) is 11.6 Å². The van der Waals surface area contributed by atoms with Crippen molar-refractivity contribution >= 4 is 28.7 Å². The lowest BCUT2D eigenvalue weighted by atomic mass is 10.1. The smallest absolute Gasteiger partial charge is 0.282 e. The van der Waals surface area contributed by atoms with Crippen LogP contribution in [0.25, 0.3) is 0 Å². The number of para-hydroxylation sites is 2. The lowest BCUT2D eigenvalue weighted by Crippen LogP contribution is -2.21. The van der Waals surface area contributed by atoms with Gasteiger partial charge < -0.3 is 11.1 Å². The van der Waals surface area contributed by atoms with Gasteiger partial charge in [-0.25, -0.2) is 0 Å².